The fourth-order valence-electron chi connectivity index (χ4n) is 2.30. The van der Waals surface area contributed by atoms with E-state index >= 15 is 0 Å². The number of aliphatic carboxylic acids is 1. The number of nitrogens with zero attached hydrogens (tertiary/aromatic N) is 2. The van der Waals surface area contributed by atoms with Gasteiger partial charge in [0.2, 0.25) is 0 Å². The lowest BCUT2D eigenvalue weighted by Gasteiger charge is -2.23. The molecule has 0 radical (unpaired) electrons. The van der Waals surface area contributed by atoms with Gasteiger partial charge in [-0.05, 0) is 19.3 Å². The first-order valence-electron chi connectivity index (χ1n) is 6.17. The SMILES string of the molecule is Cc1ncsc1CNC(=O)N1CCC(C)C1C(=O)O. The number of carbonyl (C=O) groups is 2. The van der Waals surface area contributed by atoms with Crippen LogP contribution in [0.2, 0.25) is 0 Å². The van der Waals surface area contributed by atoms with Crippen molar-refractivity contribution >= 4 is 23.3 Å². The molecule has 1 aromatic rings. The average molecular weight is 283 g/mol. The molecule has 6 nitrogen and oxygen atoms in total. The second-order valence-corrected chi connectivity index (χ2v) is 5.70. The summed E-state index contributed by atoms with van der Waals surface area (Å²) >= 11 is 1.48. The van der Waals surface area contributed by atoms with Crippen molar-refractivity contribution in [3.8, 4) is 0 Å². The van der Waals surface area contributed by atoms with E-state index in [1.807, 2.05) is 13.8 Å². The van der Waals surface area contributed by atoms with E-state index in [4.69, 9.17) is 5.11 Å². The van der Waals surface area contributed by atoms with E-state index in [0.29, 0.717) is 13.1 Å². The first-order chi connectivity index (χ1) is 9.00. The van der Waals surface area contributed by atoms with Crippen molar-refractivity contribution in [3.63, 3.8) is 0 Å². The molecular formula is C12H17N3O3S. The van der Waals surface area contributed by atoms with Gasteiger partial charge >= 0.3 is 12.0 Å². The maximum atomic E-state index is 12.0. The van der Waals surface area contributed by atoms with Crippen molar-refractivity contribution in [2.75, 3.05) is 6.54 Å². The molecule has 0 aliphatic carbocycles. The van der Waals surface area contributed by atoms with Crippen LogP contribution in [0.3, 0.4) is 0 Å². The highest BCUT2D eigenvalue weighted by atomic mass is 32.1. The summed E-state index contributed by atoms with van der Waals surface area (Å²) in [6.07, 6.45) is 0.726. The summed E-state index contributed by atoms with van der Waals surface area (Å²) in [5, 5.41) is 11.9. The topological polar surface area (TPSA) is 82.5 Å². The number of carboxylic acids is 1. The predicted molar refractivity (Wildman–Crippen MR) is 71.0 cm³/mol. The molecular weight excluding hydrogens is 266 g/mol. The Morgan fingerprint density at radius 3 is 2.95 bits per heavy atom. The fraction of sp³-hybridized carbons (Fsp3) is 0.583. The number of amides is 2. The van der Waals surface area contributed by atoms with Crippen LogP contribution in [-0.2, 0) is 11.3 Å². The summed E-state index contributed by atoms with van der Waals surface area (Å²) in [6.45, 7) is 4.63. The Morgan fingerprint density at radius 2 is 2.37 bits per heavy atom. The Labute approximate surface area is 115 Å². The van der Waals surface area contributed by atoms with Crippen LogP contribution >= 0.6 is 11.3 Å². The number of thiazole rings is 1. The third-order valence-electron chi connectivity index (χ3n) is 3.46. The molecule has 1 aliphatic rings. The molecule has 2 amide bonds. The van der Waals surface area contributed by atoms with Gasteiger partial charge in [-0.1, -0.05) is 6.92 Å². The Balaban J connectivity index is 1.96. The van der Waals surface area contributed by atoms with Crippen molar-refractivity contribution in [1.82, 2.24) is 15.2 Å². The highest BCUT2D eigenvalue weighted by molar-refractivity contribution is 7.09. The number of aromatic nitrogens is 1. The molecule has 7 heteroatoms. The zero-order valence-electron chi connectivity index (χ0n) is 10.9. The molecule has 19 heavy (non-hydrogen) atoms. The minimum atomic E-state index is -0.936. The molecule has 0 saturated carbocycles. The van der Waals surface area contributed by atoms with Crippen molar-refractivity contribution < 1.29 is 14.7 Å². The lowest BCUT2D eigenvalue weighted by molar-refractivity contribution is -0.142. The zero-order valence-corrected chi connectivity index (χ0v) is 11.7. The molecule has 2 heterocycles. The number of urea groups is 1. The molecule has 104 valence electrons. The number of aryl methyl sites for hydroxylation is 1. The van der Waals surface area contributed by atoms with Gasteiger partial charge < -0.3 is 15.3 Å². The van der Waals surface area contributed by atoms with Gasteiger partial charge in [0.1, 0.15) is 6.04 Å². The second-order valence-electron chi connectivity index (χ2n) is 4.76. The van der Waals surface area contributed by atoms with Gasteiger partial charge in [-0.3, -0.25) is 0 Å². The van der Waals surface area contributed by atoms with Crippen LogP contribution in [0, 0.1) is 12.8 Å². The average Bonchev–Trinajstić information content (AvgIpc) is 2.92. The van der Waals surface area contributed by atoms with Crippen LogP contribution in [0.1, 0.15) is 23.9 Å². The first-order valence-corrected chi connectivity index (χ1v) is 7.05. The Kier molecular flexibility index (Phi) is 4.04. The molecule has 2 N–H and O–H groups in total. The molecule has 1 aromatic heterocycles. The number of hydrogen-bond acceptors (Lipinski definition) is 4. The zero-order chi connectivity index (χ0) is 14.0. The maximum Gasteiger partial charge on any atom is 0.326 e. The maximum absolute atomic E-state index is 12.0. The summed E-state index contributed by atoms with van der Waals surface area (Å²) in [4.78, 5) is 29.7. The van der Waals surface area contributed by atoms with Crippen LogP contribution in [0.4, 0.5) is 4.79 Å². The van der Waals surface area contributed by atoms with Crippen molar-refractivity contribution in [1.29, 1.82) is 0 Å². The van der Waals surface area contributed by atoms with E-state index in [0.717, 1.165) is 17.0 Å². The van der Waals surface area contributed by atoms with E-state index < -0.39 is 12.0 Å². The number of likely N-dealkylation sites (tertiary alicyclic amines) is 1. The van der Waals surface area contributed by atoms with Crippen LogP contribution in [-0.4, -0.2) is 39.6 Å². The molecule has 1 saturated heterocycles. The fourth-order valence-corrected chi connectivity index (χ4v) is 3.02. The molecule has 2 rings (SSSR count). The van der Waals surface area contributed by atoms with E-state index in [9.17, 15) is 9.59 Å². The number of nitrogens with one attached hydrogen (secondary N) is 1. The number of carbonyl (C=O) groups excluding carboxylic acids is 1. The minimum absolute atomic E-state index is 0.00612. The Morgan fingerprint density at radius 1 is 1.63 bits per heavy atom. The highest BCUT2D eigenvalue weighted by Crippen LogP contribution is 2.24. The van der Waals surface area contributed by atoms with E-state index in [1.54, 1.807) is 5.51 Å². The van der Waals surface area contributed by atoms with Gasteiger partial charge in [0.25, 0.3) is 0 Å². The molecule has 1 fully saturated rings. The van der Waals surface area contributed by atoms with E-state index in [1.165, 1.54) is 16.2 Å². The molecule has 0 spiro atoms. The summed E-state index contributed by atoms with van der Waals surface area (Å²) in [6, 6.07) is -1.04. The van der Waals surface area contributed by atoms with Crippen molar-refractivity contribution in [2.24, 2.45) is 5.92 Å². The standard InChI is InChI=1S/C12H17N3O3S/c1-7-3-4-15(10(7)11(16)17)12(18)13-5-9-8(2)14-6-19-9/h6-7,10H,3-5H2,1-2H3,(H,13,18)(H,16,17). The van der Waals surface area contributed by atoms with E-state index in [2.05, 4.69) is 10.3 Å². The quantitative estimate of drug-likeness (QED) is 0.879. The van der Waals surface area contributed by atoms with Gasteiger partial charge in [-0.2, -0.15) is 0 Å². The third kappa shape index (κ3) is 2.86. The summed E-state index contributed by atoms with van der Waals surface area (Å²) in [7, 11) is 0. The minimum Gasteiger partial charge on any atom is -0.480 e. The van der Waals surface area contributed by atoms with Crippen molar-refractivity contribution in [3.05, 3.63) is 16.1 Å². The Bertz CT molecular complexity index is 488. The second kappa shape index (κ2) is 5.56. The van der Waals surface area contributed by atoms with E-state index in [-0.39, 0.29) is 11.9 Å². The third-order valence-corrected chi connectivity index (χ3v) is 4.39. The lowest BCUT2D eigenvalue weighted by Crippen LogP contribution is -2.47. The molecule has 0 aromatic carbocycles. The van der Waals surface area contributed by atoms with Gasteiger partial charge in [0.05, 0.1) is 17.7 Å². The lowest BCUT2D eigenvalue weighted by atomic mass is 10.0. The smallest absolute Gasteiger partial charge is 0.326 e. The molecule has 2 unspecified atom stereocenters. The summed E-state index contributed by atoms with van der Waals surface area (Å²) < 4.78 is 0. The highest BCUT2D eigenvalue weighted by Gasteiger charge is 2.39. The van der Waals surface area contributed by atoms with Crippen LogP contribution in [0.15, 0.2) is 5.51 Å². The largest absolute Gasteiger partial charge is 0.480 e. The predicted octanol–water partition coefficient (Wildman–Crippen LogP) is 1.46. The van der Waals surface area contributed by atoms with Gasteiger partial charge in [0, 0.05) is 11.4 Å². The molecule has 2 atom stereocenters. The molecule has 0 bridgehead atoms. The van der Waals surface area contributed by atoms with Crippen molar-refractivity contribution in [2.45, 2.75) is 32.9 Å². The van der Waals surface area contributed by atoms with Gasteiger partial charge in [0.15, 0.2) is 0 Å². The normalized spacial score (nSPS) is 22.5. The van der Waals surface area contributed by atoms with Crippen LogP contribution in [0.25, 0.3) is 0 Å². The van der Waals surface area contributed by atoms with Crippen LogP contribution < -0.4 is 5.32 Å². The number of carboxylic acid groups (broad SMARTS) is 1. The van der Waals surface area contributed by atoms with Gasteiger partial charge in [-0.15, -0.1) is 11.3 Å². The number of rotatable bonds is 3. The summed E-state index contributed by atoms with van der Waals surface area (Å²) in [5.41, 5.74) is 2.63. The molecule has 1 aliphatic heterocycles. The summed E-state index contributed by atoms with van der Waals surface area (Å²) in [5.74, 6) is -0.942. The number of hydrogen-bond donors (Lipinski definition) is 2. The van der Waals surface area contributed by atoms with Gasteiger partial charge in [-0.25, -0.2) is 14.6 Å². The monoisotopic (exact) mass is 283 g/mol. The first kappa shape index (κ1) is 13.8. The Hall–Kier alpha value is -1.63. The van der Waals surface area contributed by atoms with Crippen LogP contribution in [0.5, 0.6) is 0 Å².